The lowest BCUT2D eigenvalue weighted by molar-refractivity contribution is -0.134. The zero-order chi connectivity index (χ0) is 18.4. The van der Waals surface area contributed by atoms with Gasteiger partial charge in [0.25, 0.3) is 0 Å². The Hall–Kier alpha value is -2.18. The molecule has 0 unspecified atom stereocenters. The number of nitrogens with one attached hydrogen (secondary N) is 1. The molecular weight excluding hydrogens is 396 g/mol. The smallest absolute Gasteiger partial charge is 0.228 e. The summed E-state index contributed by atoms with van der Waals surface area (Å²) in [6, 6.07) is 15.1. The fraction of sp³-hybridized carbons (Fsp3) is 0.300. The fourth-order valence-electron chi connectivity index (χ4n) is 2.80. The van der Waals surface area contributed by atoms with Gasteiger partial charge in [-0.1, -0.05) is 40.2 Å². The minimum Gasteiger partial charge on any atom is -0.378 e. The molecule has 1 saturated heterocycles. The van der Waals surface area contributed by atoms with Crippen LogP contribution in [0.1, 0.15) is 11.1 Å². The molecule has 0 saturated carbocycles. The van der Waals surface area contributed by atoms with Crippen molar-refractivity contribution in [3.05, 3.63) is 64.1 Å². The molecule has 1 aliphatic heterocycles. The molecule has 0 radical (unpaired) electrons. The van der Waals surface area contributed by atoms with Crippen molar-refractivity contribution in [1.82, 2.24) is 4.90 Å². The Morgan fingerprint density at radius 1 is 0.923 bits per heavy atom. The van der Waals surface area contributed by atoms with Gasteiger partial charge in [-0.05, 0) is 35.4 Å². The first kappa shape index (κ1) is 18.6. The molecule has 3 rings (SSSR count). The summed E-state index contributed by atoms with van der Waals surface area (Å²) in [5, 5.41) is 2.89. The molecule has 0 aromatic heterocycles. The van der Waals surface area contributed by atoms with E-state index in [0.29, 0.717) is 39.1 Å². The number of anilines is 1. The van der Waals surface area contributed by atoms with Gasteiger partial charge in [-0.15, -0.1) is 0 Å². The predicted octanol–water partition coefficient (Wildman–Crippen LogP) is 3.03. The third-order valence-corrected chi connectivity index (χ3v) is 4.76. The number of hydrogen-bond acceptors (Lipinski definition) is 3. The van der Waals surface area contributed by atoms with Crippen molar-refractivity contribution in [2.24, 2.45) is 0 Å². The van der Waals surface area contributed by atoms with Gasteiger partial charge < -0.3 is 15.0 Å². The summed E-state index contributed by atoms with van der Waals surface area (Å²) in [7, 11) is 0. The van der Waals surface area contributed by atoms with Crippen LogP contribution in [-0.2, 0) is 27.2 Å². The molecule has 2 aromatic carbocycles. The van der Waals surface area contributed by atoms with Crippen LogP contribution in [0.5, 0.6) is 0 Å². The second-order valence-electron chi connectivity index (χ2n) is 6.22. The first-order valence-corrected chi connectivity index (χ1v) is 9.38. The Labute approximate surface area is 161 Å². The summed E-state index contributed by atoms with van der Waals surface area (Å²) in [4.78, 5) is 26.2. The highest BCUT2D eigenvalue weighted by Crippen LogP contribution is 2.14. The molecule has 2 aromatic rings. The van der Waals surface area contributed by atoms with Crippen LogP contribution in [-0.4, -0.2) is 43.0 Å². The zero-order valence-electron chi connectivity index (χ0n) is 14.4. The van der Waals surface area contributed by atoms with E-state index >= 15 is 0 Å². The van der Waals surface area contributed by atoms with Crippen molar-refractivity contribution in [2.45, 2.75) is 12.8 Å². The van der Waals surface area contributed by atoms with Crippen LogP contribution in [0.25, 0.3) is 0 Å². The molecular formula is C20H21BrN2O3. The highest BCUT2D eigenvalue weighted by molar-refractivity contribution is 9.10. The molecule has 26 heavy (non-hydrogen) atoms. The maximum atomic E-state index is 12.3. The fourth-order valence-corrected chi connectivity index (χ4v) is 3.06. The van der Waals surface area contributed by atoms with Gasteiger partial charge in [-0.25, -0.2) is 0 Å². The van der Waals surface area contributed by atoms with Gasteiger partial charge in [-0.2, -0.15) is 0 Å². The lowest BCUT2D eigenvalue weighted by Crippen LogP contribution is -2.41. The summed E-state index contributed by atoms with van der Waals surface area (Å²) in [5.74, 6) is 0.0461. The second-order valence-corrected chi connectivity index (χ2v) is 7.13. The largest absolute Gasteiger partial charge is 0.378 e. The van der Waals surface area contributed by atoms with E-state index in [1.165, 1.54) is 0 Å². The van der Waals surface area contributed by atoms with Crippen molar-refractivity contribution in [3.63, 3.8) is 0 Å². The molecule has 6 heteroatoms. The van der Waals surface area contributed by atoms with Crippen molar-refractivity contribution in [1.29, 1.82) is 0 Å². The minimum absolute atomic E-state index is 0.0653. The molecule has 1 N–H and O–H groups in total. The quantitative estimate of drug-likeness (QED) is 0.814. The Kier molecular flexibility index (Phi) is 6.41. The van der Waals surface area contributed by atoms with Crippen LogP contribution >= 0.6 is 15.9 Å². The highest BCUT2D eigenvalue weighted by Gasteiger charge is 2.16. The van der Waals surface area contributed by atoms with Crippen LogP contribution in [0.3, 0.4) is 0 Å². The Morgan fingerprint density at radius 2 is 1.50 bits per heavy atom. The Bertz CT molecular complexity index is 754. The number of ether oxygens (including phenoxy) is 1. The van der Waals surface area contributed by atoms with Crippen molar-refractivity contribution in [2.75, 3.05) is 31.6 Å². The topological polar surface area (TPSA) is 58.6 Å². The number of hydrogen-bond donors (Lipinski definition) is 1. The Balaban J connectivity index is 1.51. The van der Waals surface area contributed by atoms with E-state index < -0.39 is 0 Å². The maximum absolute atomic E-state index is 12.3. The van der Waals surface area contributed by atoms with Crippen LogP contribution < -0.4 is 5.32 Å². The van der Waals surface area contributed by atoms with Crippen LogP contribution in [0.15, 0.2) is 53.0 Å². The summed E-state index contributed by atoms with van der Waals surface area (Å²) in [5.41, 5.74) is 2.63. The molecule has 1 heterocycles. The number of carbonyl (C=O) groups excluding carboxylic acids is 2. The number of benzene rings is 2. The molecule has 1 fully saturated rings. The van der Waals surface area contributed by atoms with Gasteiger partial charge >= 0.3 is 0 Å². The summed E-state index contributed by atoms with van der Waals surface area (Å²) in [6.07, 6.45) is 0.692. The predicted molar refractivity (Wildman–Crippen MR) is 104 cm³/mol. The number of rotatable bonds is 5. The highest BCUT2D eigenvalue weighted by atomic mass is 79.9. The van der Waals surface area contributed by atoms with Crippen LogP contribution in [0.4, 0.5) is 5.69 Å². The van der Waals surface area contributed by atoms with E-state index in [0.717, 1.165) is 21.3 Å². The van der Waals surface area contributed by atoms with Gasteiger partial charge in [0.2, 0.25) is 11.8 Å². The average Bonchev–Trinajstić information content (AvgIpc) is 2.66. The molecule has 0 aliphatic carbocycles. The third kappa shape index (κ3) is 5.41. The van der Waals surface area contributed by atoms with Gasteiger partial charge in [0.05, 0.1) is 26.1 Å². The number of amides is 2. The Morgan fingerprint density at radius 3 is 2.15 bits per heavy atom. The van der Waals surface area contributed by atoms with Crippen LogP contribution in [0.2, 0.25) is 0 Å². The van der Waals surface area contributed by atoms with Gasteiger partial charge in [-0.3, -0.25) is 9.59 Å². The normalized spacial score (nSPS) is 14.1. The summed E-state index contributed by atoms with van der Waals surface area (Å²) >= 11 is 3.38. The number of nitrogens with zero attached hydrogens (tertiary/aromatic N) is 1. The van der Waals surface area contributed by atoms with E-state index in [-0.39, 0.29) is 11.8 Å². The summed E-state index contributed by atoms with van der Waals surface area (Å²) < 4.78 is 6.25. The van der Waals surface area contributed by atoms with E-state index in [2.05, 4.69) is 21.2 Å². The molecule has 1 aliphatic rings. The molecule has 136 valence electrons. The zero-order valence-corrected chi connectivity index (χ0v) is 16.0. The third-order valence-electron chi connectivity index (χ3n) is 4.23. The lowest BCUT2D eigenvalue weighted by atomic mass is 10.1. The molecule has 5 nitrogen and oxygen atoms in total. The van der Waals surface area contributed by atoms with Crippen LogP contribution in [0, 0.1) is 0 Å². The van der Waals surface area contributed by atoms with Gasteiger partial charge in [0, 0.05) is 23.2 Å². The molecule has 0 atom stereocenters. The van der Waals surface area contributed by atoms with E-state index in [1.54, 1.807) is 0 Å². The standard InChI is InChI=1S/C20H21BrN2O3/c21-17-5-1-15(2-6-17)13-19(24)22-18-7-3-16(4-8-18)14-20(25)23-9-11-26-12-10-23/h1-8H,9-14H2,(H,22,24). The first-order valence-electron chi connectivity index (χ1n) is 8.59. The van der Waals surface area contributed by atoms with Crippen molar-refractivity contribution >= 4 is 33.4 Å². The van der Waals surface area contributed by atoms with E-state index in [1.807, 2.05) is 53.4 Å². The molecule has 0 bridgehead atoms. The maximum Gasteiger partial charge on any atom is 0.228 e. The first-order chi connectivity index (χ1) is 12.6. The SMILES string of the molecule is O=C(Cc1ccc(Br)cc1)Nc1ccc(CC(=O)N2CCOCC2)cc1. The summed E-state index contributed by atoms with van der Waals surface area (Å²) in [6.45, 7) is 2.52. The van der Waals surface area contributed by atoms with Crippen molar-refractivity contribution < 1.29 is 14.3 Å². The average molecular weight is 417 g/mol. The number of halogens is 1. The second kappa shape index (κ2) is 8.96. The van der Waals surface area contributed by atoms with E-state index in [9.17, 15) is 9.59 Å². The number of carbonyl (C=O) groups is 2. The van der Waals surface area contributed by atoms with Gasteiger partial charge in [0.15, 0.2) is 0 Å². The van der Waals surface area contributed by atoms with Crippen molar-refractivity contribution in [3.8, 4) is 0 Å². The minimum atomic E-state index is -0.0653. The molecule has 2 amide bonds. The lowest BCUT2D eigenvalue weighted by Gasteiger charge is -2.26. The van der Waals surface area contributed by atoms with Gasteiger partial charge in [0.1, 0.15) is 0 Å². The number of morpholine rings is 1. The monoisotopic (exact) mass is 416 g/mol. The van der Waals surface area contributed by atoms with E-state index in [4.69, 9.17) is 4.74 Å². The molecule has 0 spiro atoms.